The van der Waals surface area contributed by atoms with Crippen LogP contribution in [0.2, 0.25) is 0 Å². The fraction of sp³-hybridized carbons (Fsp3) is 1.00. The lowest BCUT2D eigenvalue weighted by Crippen LogP contribution is -2.26. The fourth-order valence-corrected chi connectivity index (χ4v) is 1.68. The highest BCUT2D eigenvalue weighted by atomic mass is 16.3. The van der Waals surface area contributed by atoms with Crippen molar-refractivity contribution in [3.63, 3.8) is 0 Å². The van der Waals surface area contributed by atoms with Gasteiger partial charge in [-0.25, -0.2) is 0 Å². The number of rotatable bonds is 4. The second-order valence-electron chi connectivity index (χ2n) is 3.47. The molecule has 0 amide bonds. The molecule has 1 heterocycles. The van der Waals surface area contributed by atoms with Gasteiger partial charge < -0.3 is 15.7 Å². The van der Waals surface area contributed by atoms with Gasteiger partial charge in [-0.15, -0.1) is 0 Å². The molecule has 3 nitrogen and oxygen atoms in total. The van der Waals surface area contributed by atoms with Crippen LogP contribution < -0.4 is 10.6 Å². The summed E-state index contributed by atoms with van der Waals surface area (Å²) < 4.78 is 0. The van der Waals surface area contributed by atoms with E-state index in [9.17, 15) is 0 Å². The van der Waals surface area contributed by atoms with Gasteiger partial charge in [0, 0.05) is 6.54 Å². The number of hydrogen-bond donors (Lipinski definition) is 3. The standard InChI is InChI=1S/C9H20N2O/c12-7-6-11-8-9-2-1-4-10-5-3-9/h9-12H,1-8H2. The smallest absolute Gasteiger partial charge is 0.0555 e. The van der Waals surface area contributed by atoms with Crippen LogP contribution >= 0.6 is 0 Å². The molecular weight excluding hydrogens is 152 g/mol. The highest BCUT2D eigenvalue weighted by Gasteiger charge is 2.10. The molecule has 72 valence electrons. The van der Waals surface area contributed by atoms with Crippen molar-refractivity contribution >= 4 is 0 Å². The Kier molecular flexibility index (Phi) is 5.32. The van der Waals surface area contributed by atoms with Crippen molar-refractivity contribution in [1.82, 2.24) is 10.6 Å². The van der Waals surface area contributed by atoms with Crippen LogP contribution in [0.3, 0.4) is 0 Å². The van der Waals surface area contributed by atoms with Crippen molar-refractivity contribution in [2.24, 2.45) is 5.92 Å². The molecule has 12 heavy (non-hydrogen) atoms. The van der Waals surface area contributed by atoms with Crippen LogP contribution in [0.1, 0.15) is 19.3 Å². The summed E-state index contributed by atoms with van der Waals surface area (Å²) in [5, 5.41) is 15.2. The number of hydrogen-bond acceptors (Lipinski definition) is 3. The summed E-state index contributed by atoms with van der Waals surface area (Å²) in [6, 6.07) is 0. The molecule has 1 rings (SSSR count). The molecular formula is C9H20N2O. The largest absolute Gasteiger partial charge is 0.395 e. The predicted octanol–water partition coefficient (Wildman–Crippen LogP) is -0.0420. The third-order valence-corrected chi connectivity index (χ3v) is 2.42. The molecule has 0 bridgehead atoms. The summed E-state index contributed by atoms with van der Waals surface area (Å²) in [4.78, 5) is 0. The van der Waals surface area contributed by atoms with E-state index in [1.54, 1.807) is 0 Å². The van der Waals surface area contributed by atoms with Crippen LogP contribution in [-0.2, 0) is 0 Å². The van der Waals surface area contributed by atoms with Crippen molar-refractivity contribution < 1.29 is 5.11 Å². The van der Waals surface area contributed by atoms with Crippen molar-refractivity contribution in [3.05, 3.63) is 0 Å². The molecule has 0 spiro atoms. The SMILES string of the molecule is OCCNCC1CCCNCC1. The summed E-state index contributed by atoms with van der Waals surface area (Å²) >= 11 is 0. The average Bonchev–Trinajstić information content (AvgIpc) is 2.33. The van der Waals surface area contributed by atoms with E-state index in [0.29, 0.717) is 0 Å². The lowest BCUT2D eigenvalue weighted by atomic mass is 10.0. The summed E-state index contributed by atoms with van der Waals surface area (Å²) in [5.41, 5.74) is 0. The second kappa shape index (κ2) is 6.40. The first-order chi connectivity index (χ1) is 5.93. The highest BCUT2D eigenvalue weighted by Crippen LogP contribution is 2.11. The Morgan fingerprint density at radius 1 is 1.33 bits per heavy atom. The van der Waals surface area contributed by atoms with Crippen LogP contribution in [0.15, 0.2) is 0 Å². The molecule has 0 aromatic rings. The van der Waals surface area contributed by atoms with Crippen LogP contribution in [0.5, 0.6) is 0 Å². The Hall–Kier alpha value is -0.120. The van der Waals surface area contributed by atoms with Crippen molar-refractivity contribution in [2.75, 3.05) is 32.8 Å². The van der Waals surface area contributed by atoms with E-state index >= 15 is 0 Å². The van der Waals surface area contributed by atoms with Gasteiger partial charge in [-0.3, -0.25) is 0 Å². The van der Waals surface area contributed by atoms with Gasteiger partial charge in [-0.2, -0.15) is 0 Å². The molecule has 1 unspecified atom stereocenters. The van der Waals surface area contributed by atoms with Gasteiger partial charge in [0.2, 0.25) is 0 Å². The van der Waals surface area contributed by atoms with Crippen molar-refractivity contribution in [3.8, 4) is 0 Å². The molecule has 0 radical (unpaired) electrons. The van der Waals surface area contributed by atoms with Gasteiger partial charge >= 0.3 is 0 Å². The maximum Gasteiger partial charge on any atom is 0.0555 e. The molecule has 0 aromatic carbocycles. The molecule has 0 aromatic heterocycles. The van der Waals surface area contributed by atoms with Gasteiger partial charge in [0.05, 0.1) is 6.61 Å². The highest BCUT2D eigenvalue weighted by molar-refractivity contribution is 4.68. The summed E-state index contributed by atoms with van der Waals surface area (Å²) in [7, 11) is 0. The van der Waals surface area contributed by atoms with Gasteiger partial charge in [-0.05, 0) is 44.8 Å². The summed E-state index contributed by atoms with van der Waals surface area (Å²) in [5.74, 6) is 0.812. The van der Waals surface area contributed by atoms with Gasteiger partial charge in [0.1, 0.15) is 0 Å². The maximum absolute atomic E-state index is 8.58. The van der Waals surface area contributed by atoms with Crippen molar-refractivity contribution in [2.45, 2.75) is 19.3 Å². The molecule has 3 heteroatoms. The Balaban J connectivity index is 2.04. The van der Waals surface area contributed by atoms with Crippen LogP contribution in [0.4, 0.5) is 0 Å². The van der Waals surface area contributed by atoms with E-state index in [-0.39, 0.29) is 6.61 Å². The third kappa shape index (κ3) is 4.04. The zero-order valence-electron chi connectivity index (χ0n) is 7.68. The zero-order chi connectivity index (χ0) is 8.65. The molecule has 0 saturated carbocycles. The molecule has 1 aliphatic rings. The first-order valence-electron chi connectivity index (χ1n) is 4.96. The van der Waals surface area contributed by atoms with Crippen LogP contribution in [0, 0.1) is 5.92 Å². The van der Waals surface area contributed by atoms with Crippen LogP contribution in [0.25, 0.3) is 0 Å². The Labute approximate surface area is 74.5 Å². The first kappa shape index (κ1) is 9.96. The van der Waals surface area contributed by atoms with E-state index in [1.165, 1.54) is 25.8 Å². The molecule has 1 aliphatic heterocycles. The summed E-state index contributed by atoms with van der Waals surface area (Å²) in [6.07, 6.45) is 3.90. The second-order valence-corrected chi connectivity index (χ2v) is 3.47. The normalized spacial score (nSPS) is 25.2. The number of aliphatic hydroxyl groups excluding tert-OH is 1. The molecule has 1 saturated heterocycles. The maximum atomic E-state index is 8.58. The topological polar surface area (TPSA) is 44.3 Å². The zero-order valence-corrected chi connectivity index (χ0v) is 7.68. The van der Waals surface area contributed by atoms with E-state index in [0.717, 1.165) is 25.6 Å². The number of aliphatic hydroxyl groups is 1. The molecule has 0 aliphatic carbocycles. The van der Waals surface area contributed by atoms with Crippen LogP contribution in [-0.4, -0.2) is 37.9 Å². The first-order valence-corrected chi connectivity index (χ1v) is 4.96. The Morgan fingerprint density at radius 3 is 3.08 bits per heavy atom. The van der Waals surface area contributed by atoms with E-state index < -0.39 is 0 Å². The van der Waals surface area contributed by atoms with Gasteiger partial charge in [0.15, 0.2) is 0 Å². The minimum Gasteiger partial charge on any atom is -0.395 e. The predicted molar refractivity (Wildman–Crippen MR) is 50.2 cm³/mol. The van der Waals surface area contributed by atoms with E-state index in [1.807, 2.05) is 0 Å². The molecule has 1 fully saturated rings. The van der Waals surface area contributed by atoms with Gasteiger partial charge in [-0.1, -0.05) is 0 Å². The Bertz CT molecular complexity index is 101. The fourth-order valence-electron chi connectivity index (χ4n) is 1.68. The van der Waals surface area contributed by atoms with Gasteiger partial charge in [0.25, 0.3) is 0 Å². The Morgan fingerprint density at radius 2 is 2.25 bits per heavy atom. The quantitative estimate of drug-likeness (QED) is 0.521. The van der Waals surface area contributed by atoms with E-state index in [2.05, 4.69) is 10.6 Å². The minimum absolute atomic E-state index is 0.255. The molecule has 1 atom stereocenters. The lowest BCUT2D eigenvalue weighted by molar-refractivity contribution is 0.286. The third-order valence-electron chi connectivity index (χ3n) is 2.42. The van der Waals surface area contributed by atoms with Crippen molar-refractivity contribution in [1.29, 1.82) is 0 Å². The van der Waals surface area contributed by atoms with E-state index in [4.69, 9.17) is 5.11 Å². The molecule has 3 N–H and O–H groups in total. The monoisotopic (exact) mass is 172 g/mol. The number of nitrogens with one attached hydrogen (secondary N) is 2. The average molecular weight is 172 g/mol. The summed E-state index contributed by atoms with van der Waals surface area (Å²) in [6.45, 7) is 4.40. The lowest BCUT2D eigenvalue weighted by Gasteiger charge is -2.13. The minimum atomic E-state index is 0.255.